The Labute approximate surface area is 109 Å². The normalized spacial score (nSPS) is 12.3. The van der Waals surface area contributed by atoms with E-state index in [0.29, 0.717) is 0 Å². The van der Waals surface area contributed by atoms with Crippen LogP contribution in [0.3, 0.4) is 0 Å². The van der Waals surface area contributed by atoms with Crippen LogP contribution in [0.25, 0.3) is 0 Å². The SMILES string of the molecule is CCNC(c1ccccc1)c1ncccc1CC. The van der Waals surface area contributed by atoms with Gasteiger partial charge in [-0.25, -0.2) is 0 Å². The Hall–Kier alpha value is -1.67. The van der Waals surface area contributed by atoms with Crippen molar-refractivity contribution in [2.45, 2.75) is 26.3 Å². The van der Waals surface area contributed by atoms with E-state index in [-0.39, 0.29) is 6.04 Å². The molecule has 1 aromatic heterocycles. The maximum Gasteiger partial charge on any atom is 0.0754 e. The van der Waals surface area contributed by atoms with Crippen LogP contribution in [0.5, 0.6) is 0 Å². The van der Waals surface area contributed by atoms with Gasteiger partial charge in [-0.05, 0) is 30.2 Å². The zero-order chi connectivity index (χ0) is 12.8. The number of hydrogen-bond acceptors (Lipinski definition) is 2. The number of pyridine rings is 1. The van der Waals surface area contributed by atoms with Gasteiger partial charge in [-0.2, -0.15) is 0 Å². The van der Waals surface area contributed by atoms with Gasteiger partial charge in [-0.3, -0.25) is 4.98 Å². The maximum atomic E-state index is 4.58. The molecule has 2 aromatic rings. The Morgan fingerprint density at radius 1 is 1.06 bits per heavy atom. The van der Waals surface area contributed by atoms with E-state index >= 15 is 0 Å². The quantitative estimate of drug-likeness (QED) is 0.867. The summed E-state index contributed by atoms with van der Waals surface area (Å²) >= 11 is 0. The summed E-state index contributed by atoms with van der Waals surface area (Å²) in [7, 11) is 0. The predicted molar refractivity (Wildman–Crippen MR) is 75.6 cm³/mol. The van der Waals surface area contributed by atoms with Crippen LogP contribution in [0, 0.1) is 0 Å². The van der Waals surface area contributed by atoms with Crippen molar-refractivity contribution in [3.05, 3.63) is 65.5 Å². The molecule has 0 aliphatic rings. The zero-order valence-corrected chi connectivity index (χ0v) is 11.1. The van der Waals surface area contributed by atoms with Gasteiger partial charge in [-0.15, -0.1) is 0 Å². The lowest BCUT2D eigenvalue weighted by Crippen LogP contribution is -2.24. The minimum atomic E-state index is 0.187. The lowest BCUT2D eigenvalue weighted by Gasteiger charge is -2.20. The smallest absolute Gasteiger partial charge is 0.0754 e. The summed E-state index contributed by atoms with van der Waals surface area (Å²) in [6.07, 6.45) is 2.89. The van der Waals surface area contributed by atoms with E-state index in [1.807, 2.05) is 18.3 Å². The minimum Gasteiger partial charge on any atom is -0.305 e. The molecule has 0 amide bonds. The molecule has 1 atom stereocenters. The van der Waals surface area contributed by atoms with Gasteiger partial charge in [0.05, 0.1) is 11.7 Å². The van der Waals surface area contributed by atoms with E-state index in [9.17, 15) is 0 Å². The molecule has 0 aliphatic carbocycles. The first kappa shape index (κ1) is 12.8. The maximum absolute atomic E-state index is 4.58. The molecule has 0 saturated heterocycles. The monoisotopic (exact) mass is 240 g/mol. The van der Waals surface area contributed by atoms with Crippen LogP contribution in [-0.4, -0.2) is 11.5 Å². The molecule has 1 unspecified atom stereocenters. The number of rotatable bonds is 5. The molecule has 0 aliphatic heterocycles. The average molecular weight is 240 g/mol. The third kappa shape index (κ3) is 2.77. The molecule has 2 nitrogen and oxygen atoms in total. The van der Waals surface area contributed by atoms with Gasteiger partial charge in [0.15, 0.2) is 0 Å². The second-order valence-corrected chi connectivity index (χ2v) is 4.30. The van der Waals surface area contributed by atoms with Crippen LogP contribution in [0.1, 0.15) is 36.7 Å². The van der Waals surface area contributed by atoms with Crippen molar-refractivity contribution >= 4 is 0 Å². The molecule has 0 radical (unpaired) electrons. The first-order valence-corrected chi connectivity index (χ1v) is 6.59. The van der Waals surface area contributed by atoms with Crippen LogP contribution in [0.4, 0.5) is 0 Å². The largest absolute Gasteiger partial charge is 0.305 e. The molecule has 18 heavy (non-hydrogen) atoms. The van der Waals surface area contributed by atoms with Gasteiger partial charge >= 0.3 is 0 Å². The van der Waals surface area contributed by atoms with Crippen LogP contribution >= 0.6 is 0 Å². The van der Waals surface area contributed by atoms with E-state index in [1.54, 1.807) is 0 Å². The fraction of sp³-hybridized carbons (Fsp3) is 0.312. The third-order valence-corrected chi connectivity index (χ3v) is 3.12. The molecule has 1 N–H and O–H groups in total. The number of aryl methyl sites for hydroxylation is 1. The summed E-state index contributed by atoms with van der Waals surface area (Å²) < 4.78 is 0. The molecule has 0 fully saturated rings. The van der Waals surface area contributed by atoms with Gasteiger partial charge in [0.2, 0.25) is 0 Å². The summed E-state index contributed by atoms with van der Waals surface area (Å²) in [5, 5.41) is 3.53. The minimum absolute atomic E-state index is 0.187. The van der Waals surface area contributed by atoms with Crippen molar-refractivity contribution in [2.75, 3.05) is 6.54 Å². The number of aromatic nitrogens is 1. The highest BCUT2D eigenvalue weighted by Crippen LogP contribution is 2.23. The molecule has 1 heterocycles. The zero-order valence-electron chi connectivity index (χ0n) is 11.1. The lowest BCUT2D eigenvalue weighted by molar-refractivity contribution is 0.609. The second-order valence-electron chi connectivity index (χ2n) is 4.30. The van der Waals surface area contributed by atoms with Crippen molar-refractivity contribution in [2.24, 2.45) is 0 Å². The first-order chi connectivity index (χ1) is 8.86. The lowest BCUT2D eigenvalue weighted by atomic mass is 9.98. The number of hydrogen-bond donors (Lipinski definition) is 1. The topological polar surface area (TPSA) is 24.9 Å². The molecular weight excluding hydrogens is 220 g/mol. The molecule has 0 saturated carbocycles. The highest BCUT2D eigenvalue weighted by atomic mass is 14.9. The first-order valence-electron chi connectivity index (χ1n) is 6.59. The standard InChI is InChI=1S/C16H20N2/c1-3-13-11-8-12-18-15(13)16(17-4-2)14-9-6-5-7-10-14/h5-12,16-17H,3-4H2,1-2H3. The van der Waals surface area contributed by atoms with E-state index in [0.717, 1.165) is 18.7 Å². The summed E-state index contributed by atoms with van der Waals surface area (Å²) in [6, 6.07) is 14.9. The van der Waals surface area contributed by atoms with Gasteiger partial charge in [0.1, 0.15) is 0 Å². The summed E-state index contributed by atoms with van der Waals surface area (Å²) in [5.74, 6) is 0. The van der Waals surface area contributed by atoms with Crippen molar-refractivity contribution in [3.8, 4) is 0 Å². The van der Waals surface area contributed by atoms with Crippen molar-refractivity contribution < 1.29 is 0 Å². The molecule has 0 bridgehead atoms. The average Bonchev–Trinajstić information content (AvgIpc) is 2.46. The van der Waals surface area contributed by atoms with Crippen molar-refractivity contribution in [1.82, 2.24) is 10.3 Å². The molecule has 2 heteroatoms. The Balaban J connectivity index is 2.41. The number of nitrogens with one attached hydrogen (secondary N) is 1. The van der Waals surface area contributed by atoms with Gasteiger partial charge in [0, 0.05) is 6.20 Å². The second kappa shape index (κ2) is 6.31. The summed E-state index contributed by atoms with van der Waals surface area (Å²) in [6.45, 7) is 5.23. The highest BCUT2D eigenvalue weighted by molar-refractivity contribution is 5.32. The fourth-order valence-corrected chi connectivity index (χ4v) is 2.23. The molecule has 1 aromatic carbocycles. The van der Waals surface area contributed by atoms with Gasteiger partial charge in [0.25, 0.3) is 0 Å². The van der Waals surface area contributed by atoms with Crippen LogP contribution in [0.2, 0.25) is 0 Å². The molecular formula is C16H20N2. The van der Waals surface area contributed by atoms with Crippen molar-refractivity contribution in [1.29, 1.82) is 0 Å². The van der Waals surface area contributed by atoms with Gasteiger partial charge < -0.3 is 5.32 Å². The number of nitrogens with zero attached hydrogens (tertiary/aromatic N) is 1. The van der Waals surface area contributed by atoms with Crippen LogP contribution in [0.15, 0.2) is 48.7 Å². The third-order valence-electron chi connectivity index (χ3n) is 3.12. The summed E-state index contributed by atoms with van der Waals surface area (Å²) in [5.41, 5.74) is 3.73. The van der Waals surface area contributed by atoms with E-state index in [4.69, 9.17) is 0 Å². The fourth-order valence-electron chi connectivity index (χ4n) is 2.23. The van der Waals surface area contributed by atoms with Gasteiger partial charge in [-0.1, -0.05) is 50.2 Å². The Kier molecular flexibility index (Phi) is 4.48. The predicted octanol–water partition coefficient (Wildman–Crippen LogP) is 3.34. The summed E-state index contributed by atoms with van der Waals surface area (Å²) in [4.78, 5) is 4.58. The van der Waals surface area contributed by atoms with E-state index < -0.39 is 0 Å². The molecule has 94 valence electrons. The molecule has 2 rings (SSSR count). The van der Waals surface area contributed by atoms with Crippen LogP contribution in [-0.2, 0) is 6.42 Å². The van der Waals surface area contributed by atoms with E-state index in [2.05, 4.69) is 54.5 Å². The molecule has 0 spiro atoms. The Morgan fingerprint density at radius 3 is 2.50 bits per heavy atom. The van der Waals surface area contributed by atoms with E-state index in [1.165, 1.54) is 11.1 Å². The highest BCUT2D eigenvalue weighted by Gasteiger charge is 2.16. The Morgan fingerprint density at radius 2 is 1.83 bits per heavy atom. The number of benzene rings is 1. The van der Waals surface area contributed by atoms with Crippen LogP contribution < -0.4 is 5.32 Å². The Bertz CT molecular complexity index is 479. The van der Waals surface area contributed by atoms with Crippen molar-refractivity contribution in [3.63, 3.8) is 0 Å².